The number of nitrogens with one attached hydrogen (secondary N) is 1. The molecular weight excluding hydrogens is 384 g/mol. The van der Waals surface area contributed by atoms with Gasteiger partial charge < -0.3 is 4.98 Å². The van der Waals surface area contributed by atoms with E-state index in [4.69, 9.17) is 0 Å². The lowest BCUT2D eigenvalue weighted by molar-refractivity contribution is 1.18. The second-order valence-corrected chi connectivity index (χ2v) is 7.51. The number of pyridine rings is 1. The summed E-state index contributed by atoms with van der Waals surface area (Å²) in [5.41, 5.74) is 3.26. The second-order valence-electron chi connectivity index (χ2n) is 5.52. The molecule has 24 heavy (non-hydrogen) atoms. The minimum absolute atomic E-state index is 0.155. The van der Waals surface area contributed by atoms with Crippen LogP contribution in [0.4, 0.5) is 0 Å². The molecule has 0 atom stereocenters. The largest absolute Gasteiger partial charge is 0.321 e. The Morgan fingerprint density at radius 1 is 1.29 bits per heavy atom. The molecule has 0 aliphatic carbocycles. The van der Waals surface area contributed by atoms with E-state index in [-0.39, 0.29) is 11.1 Å². The average molecular weight is 399 g/mol. The fourth-order valence-corrected chi connectivity index (χ4v) is 4.53. The molecule has 1 N–H and O–H groups in total. The number of halogens is 1. The molecule has 0 saturated carbocycles. The molecule has 0 amide bonds. The Morgan fingerprint density at radius 2 is 2.08 bits per heavy atom. The standard InChI is InChI=1S/C19H15BrN2OS/c1-3-17-15(20)9-18(24-17)13-8-16(22-19(23)14(13)10-21)12-6-4-5-11(2)7-12/h4-9H,3H2,1-2H3,(H,22,23). The molecule has 2 heterocycles. The first-order valence-corrected chi connectivity index (χ1v) is 9.17. The third kappa shape index (κ3) is 3.08. The van der Waals surface area contributed by atoms with Gasteiger partial charge in [0.15, 0.2) is 0 Å². The minimum atomic E-state index is -0.353. The van der Waals surface area contributed by atoms with Crippen LogP contribution in [0.1, 0.15) is 22.9 Å². The highest BCUT2D eigenvalue weighted by Gasteiger charge is 2.16. The summed E-state index contributed by atoms with van der Waals surface area (Å²) < 4.78 is 1.02. The third-order valence-electron chi connectivity index (χ3n) is 3.82. The average Bonchev–Trinajstić information content (AvgIpc) is 2.95. The van der Waals surface area contributed by atoms with Crippen LogP contribution in [0.25, 0.3) is 21.7 Å². The van der Waals surface area contributed by atoms with Gasteiger partial charge in [0, 0.05) is 25.5 Å². The van der Waals surface area contributed by atoms with Crippen LogP contribution >= 0.6 is 27.3 Å². The van der Waals surface area contributed by atoms with Crippen molar-refractivity contribution in [3.63, 3.8) is 0 Å². The van der Waals surface area contributed by atoms with Crippen molar-refractivity contribution in [3.8, 4) is 27.8 Å². The molecule has 0 fully saturated rings. The Kier molecular flexibility index (Phi) is 4.70. The lowest BCUT2D eigenvalue weighted by Crippen LogP contribution is -2.12. The van der Waals surface area contributed by atoms with E-state index >= 15 is 0 Å². The maximum absolute atomic E-state index is 12.4. The van der Waals surface area contributed by atoms with Crippen molar-refractivity contribution in [2.75, 3.05) is 0 Å². The van der Waals surface area contributed by atoms with Crippen LogP contribution in [0.3, 0.4) is 0 Å². The smallest absolute Gasteiger partial charge is 0.267 e. The molecule has 120 valence electrons. The van der Waals surface area contributed by atoms with Gasteiger partial charge in [-0.3, -0.25) is 4.79 Å². The maximum Gasteiger partial charge on any atom is 0.267 e. The number of hydrogen-bond acceptors (Lipinski definition) is 3. The Labute approximate surface area is 152 Å². The zero-order valence-corrected chi connectivity index (χ0v) is 15.7. The van der Waals surface area contributed by atoms with Crippen LogP contribution < -0.4 is 5.56 Å². The first kappa shape index (κ1) is 16.7. The molecule has 0 radical (unpaired) electrons. The second kappa shape index (κ2) is 6.76. The van der Waals surface area contributed by atoms with Gasteiger partial charge in [-0.15, -0.1) is 11.3 Å². The van der Waals surface area contributed by atoms with Gasteiger partial charge in [0.05, 0.1) is 0 Å². The van der Waals surface area contributed by atoms with Crippen LogP contribution in [-0.2, 0) is 6.42 Å². The number of thiophene rings is 1. The Hall–Kier alpha value is -2.16. The quantitative estimate of drug-likeness (QED) is 0.652. The maximum atomic E-state index is 12.4. The van der Waals surface area contributed by atoms with Gasteiger partial charge in [0.2, 0.25) is 0 Å². The van der Waals surface area contributed by atoms with E-state index in [2.05, 4.69) is 27.8 Å². The van der Waals surface area contributed by atoms with Crippen LogP contribution in [0.15, 0.2) is 45.7 Å². The molecule has 0 saturated heterocycles. The van der Waals surface area contributed by atoms with Gasteiger partial charge in [0.1, 0.15) is 11.6 Å². The molecule has 2 aromatic heterocycles. The summed E-state index contributed by atoms with van der Waals surface area (Å²) in [6, 6.07) is 13.9. The monoisotopic (exact) mass is 398 g/mol. The predicted octanol–water partition coefficient (Wildman–Crippen LogP) is 5.28. The SMILES string of the molecule is CCc1sc(-c2cc(-c3cccc(C)c3)[nH]c(=O)c2C#N)cc1Br. The summed E-state index contributed by atoms with van der Waals surface area (Å²) in [5.74, 6) is 0. The van der Waals surface area contributed by atoms with Gasteiger partial charge in [-0.2, -0.15) is 5.26 Å². The van der Waals surface area contributed by atoms with Crippen LogP contribution in [0.5, 0.6) is 0 Å². The first-order valence-electron chi connectivity index (χ1n) is 7.56. The van der Waals surface area contributed by atoms with E-state index in [1.807, 2.05) is 49.4 Å². The number of aromatic nitrogens is 1. The van der Waals surface area contributed by atoms with E-state index in [1.54, 1.807) is 11.3 Å². The molecule has 0 aliphatic heterocycles. The third-order valence-corrected chi connectivity index (χ3v) is 6.10. The predicted molar refractivity (Wildman–Crippen MR) is 102 cm³/mol. The molecule has 3 aromatic rings. The van der Waals surface area contributed by atoms with Crippen molar-refractivity contribution in [1.29, 1.82) is 5.26 Å². The van der Waals surface area contributed by atoms with Gasteiger partial charge in [0.25, 0.3) is 5.56 Å². The van der Waals surface area contributed by atoms with Crippen molar-refractivity contribution in [3.05, 3.63) is 67.2 Å². The number of nitriles is 1. The number of nitrogens with zero attached hydrogens (tertiary/aromatic N) is 1. The number of aryl methyl sites for hydroxylation is 2. The molecule has 0 unspecified atom stereocenters. The molecule has 1 aromatic carbocycles. The summed E-state index contributed by atoms with van der Waals surface area (Å²) in [7, 11) is 0. The molecule has 0 aliphatic rings. The van der Waals surface area contributed by atoms with E-state index in [0.29, 0.717) is 5.56 Å². The number of rotatable bonds is 3. The van der Waals surface area contributed by atoms with Crippen LogP contribution in [0.2, 0.25) is 0 Å². The molecule has 5 heteroatoms. The summed E-state index contributed by atoms with van der Waals surface area (Å²) in [4.78, 5) is 17.4. The highest BCUT2D eigenvalue weighted by molar-refractivity contribution is 9.10. The topological polar surface area (TPSA) is 56.6 Å². The summed E-state index contributed by atoms with van der Waals surface area (Å²) in [6.07, 6.45) is 0.904. The fraction of sp³-hybridized carbons (Fsp3) is 0.158. The highest BCUT2D eigenvalue weighted by atomic mass is 79.9. The van der Waals surface area contributed by atoms with Gasteiger partial charge in [-0.25, -0.2) is 0 Å². The van der Waals surface area contributed by atoms with E-state index in [9.17, 15) is 10.1 Å². The Morgan fingerprint density at radius 3 is 2.71 bits per heavy atom. The van der Waals surface area contributed by atoms with Crippen molar-refractivity contribution < 1.29 is 0 Å². The van der Waals surface area contributed by atoms with Gasteiger partial charge in [-0.1, -0.05) is 30.7 Å². The summed E-state index contributed by atoms with van der Waals surface area (Å²) in [5, 5.41) is 9.42. The van der Waals surface area contributed by atoms with E-state index < -0.39 is 0 Å². The summed E-state index contributed by atoms with van der Waals surface area (Å²) >= 11 is 5.16. The van der Waals surface area contributed by atoms with Crippen molar-refractivity contribution >= 4 is 27.3 Å². The van der Waals surface area contributed by atoms with E-state index in [0.717, 1.165) is 32.6 Å². The van der Waals surface area contributed by atoms with Crippen molar-refractivity contribution in [2.24, 2.45) is 0 Å². The zero-order valence-electron chi connectivity index (χ0n) is 13.3. The van der Waals surface area contributed by atoms with Crippen LogP contribution in [0, 0.1) is 18.3 Å². The Balaban J connectivity index is 2.24. The first-order chi connectivity index (χ1) is 11.5. The normalized spacial score (nSPS) is 10.6. The number of benzene rings is 1. The fourth-order valence-electron chi connectivity index (χ4n) is 2.61. The number of H-pyrrole nitrogens is 1. The summed E-state index contributed by atoms with van der Waals surface area (Å²) in [6.45, 7) is 4.09. The zero-order chi connectivity index (χ0) is 17.3. The number of hydrogen-bond donors (Lipinski definition) is 1. The molecule has 0 spiro atoms. The Bertz CT molecular complexity index is 1010. The molecular formula is C19H15BrN2OS. The molecule has 3 nitrogen and oxygen atoms in total. The van der Waals surface area contributed by atoms with Crippen molar-refractivity contribution in [1.82, 2.24) is 4.98 Å². The number of aromatic amines is 1. The van der Waals surface area contributed by atoms with Gasteiger partial charge in [-0.05, 0) is 53.0 Å². The minimum Gasteiger partial charge on any atom is -0.321 e. The lowest BCUT2D eigenvalue weighted by atomic mass is 10.0. The molecule has 0 bridgehead atoms. The van der Waals surface area contributed by atoms with Gasteiger partial charge >= 0.3 is 0 Å². The van der Waals surface area contributed by atoms with Crippen molar-refractivity contribution in [2.45, 2.75) is 20.3 Å². The van der Waals surface area contributed by atoms with E-state index in [1.165, 1.54) is 4.88 Å². The lowest BCUT2D eigenvalue weighted by Gasteiger charge is -2.07. The highest BCUT2D eigenvalue weighted by Crippen LogP contribution is 2.36. The molecule has 3 rings (SSSR count). The van der Waals surface area contributed by atoms with Crippen LogP contribution in [-0.4, -0.2) is 4.98 Å².